The summed E-state index contributed by atoms with van der Waals surface area (Å²) in [6.45, 7) is 1.60. The zero-order chi connectivity index (χ0) is 8.57. The molecule has 5 nitrogen and oxygen atoms in total. The van der Waals surface area contributed by atoms with Crippen LogP contribution < -0.4 is 5.73 Å². The molecule has 0 aliphatic heterocycles. The lowest BCUT2D eigenvalue weighted by Crippen LogP contribution is -2.08. The van der Waals surface area contributed by atoms with E-state index >= 15 is 0 Å². The minimum atomic E-state index is -0.745. The predicted octanol–water partition coefficient (Wildman–Crippen LogP) is 0.193. The van der Waals surface area contributed by atoms with Crippen LogP contribution in [0.1, 0.15) is 13.3 Å². The van der Waals surface area contributed by atoms with Gasteiger partial charge in [0.25, 0.3) is 0 Å². The van der Waals surface area contributed by atoms with Crippen molar-refractivity contribution in [3.8, 4) is 0 Å². The number of hydrogen-bond acceptors (Lipinski definition) is 3. The Kier molecular flexibility index (Phi) is 8.92. The standard InChI is InChI=1S/C3H6O2.C2H5NO2/c1-2-3(4)5;1-5-2(3)4/h2H2,1H3,(H,4,5);1H3,(H2,3,4). The Balaban J connectivity index is 0. The summed E-state index contributed by atoms with van der Waals surface area (Å²) in [5, 5.41) is 7.72. The molecule has 0 bridgehead atoms. The number of rotatable bonds is 1. The second-order valence-corrected chi connectivity index (χ2v) is 1.27. The van der Waals surface area contributed by atoms with Crippen molar-refractivity contribution in [2.45, 2.75) is 13.3 Å². The molecule has 10 heavy (non-hydrogen) atoms. The highest BCUT2D eigenvalue weighted by Crippen LogP contribution is 1.67. The van der Waals surface area contributed by atoms with Crippen LogP contribution in [0.5, 0.6) is 0 Å². The molecule has 0 aromatic rings. The Morgan fingerprint density at radius 2 is 1.80 bits per heavy atom. The first-order valence-corrected chi connectivity index (χ1v) is 2.59. The third-order valence-corrected chi connectivity index (χ3v) is 0.504. The third kappa shape index (κ3) is 29.6. The smallest absolute Gasteiger partial charge is 0.404 e. The number of primary amides is 1. The number of hydrogen-bond donors (Lipinski definition) is 2. The van der Waals surface area contributed by atoms with Gasteiger partial charge < -0.3 is 15.6 Å². The van der Waals surface area contributed by atoms with E-state index in [2.05, 4.69) is 10.5 Å². The monoisotopic (exact) mass is 149 g/mol. The molecule has 0 spiro atoms. The molecule has 0 aromatic heterocycles. The van der Waals surface area contributed by atoms with E-state index in [1.54, 1.807) is 6.92 Å². The Morgan fingerprint density at radius 1 is 1.60 bits per heavy atom. The lowest BCUT2D eigenvalue weighted by atomic mass is 10.5. The van der Waals surface area contributed by atoms with Gasteiger partial charge in [0.2, 0.25) is 0 Å². The van der Waals surface area contributed by atoms with Crippen molar-refractivity contribution >= 4 is 12.1 Å². The summed E-state index contributed by atoms with van der Waals surface area (Å²) in [6.07, 6.45) is -0.523. The molecule has 0 heterocycles. The molecule has 0 aromatic carbocycles. The van der Waals surface area contributed by atoms with Crippen LogP contribution >= 0.6 is 0 Å². The molecular weight excluding hydrogens is 138 g/mol. The molecule has 0 rings (SSSR count). The van der Waals surface area contributed by atoms with Crippen LogP contribution in [-0.4, -0.2) is 24.3 Å². The molecule has 0 atom stereocenters. The number of carboxylic acid groups (broad SMARTS) is 1. The molecule has 0 unspecified atom stereocenters. The van der Waals surface area contributed by atoms with Gasteiger partial charge in [-0.05, 0) is 0 Å². The Morgan fingerprint density at radius 3 is 1.80 bits per heavy atom. The van der Waals surface area contributed by atoms with Gasteiger partial charge in [0.15, 0.2) is 0 Å². The highest BCUT2D eigenvalue weighted by Gasteiger charge is 1.80. The minimum absolute atomic E-state index is 0.222. The average Bonchev–Trinajstić information content (AvgIpc) is 1.89. The highest BCUT2D eigenvalue weighted by atomic mass is 16.5. The Bertz CT molecular complexity index is 98.2. The van der Waals surface area contributed by atoms with Crippen LogP contribution in [0.15, 0.2) is 0 Å². The van der Waals surface area contributed by atoms with E-state index in [1.807, 2.05) is 0 Å². The molecule has 3 N–H and O–H groups in total. The van der Waals surface area contributed by atoms with E-state index in [0.717, 1.165) is 0 Å². The molecule has 0 saturated heterocycles. The quantitative estimate of drug-likeness (QED) is 0.557. The molecule has 0 aliphatic carbocycles. The van der Waals surface area contributed by atoms with E-state index in [0.29, 0.717) is 0 Å². The molecule has 0 radical (unpaired) electrons. The summed E-state index contributed by atoms with van der Waals surface area (Å²) in [7, 11) is 1.22. The zero-order valence-corrected chi connectivity index (χ0v) is 5.96. The largest absolute Gasteiger partial charge is 0.481 e. The van der Waals surface area contributed by atoms with Crippen molar-refractivity contribution in [3.05, 3.63) is 0 Å². The van der Waals surface area contributed by atoms with Gasteiger partial charge in [0.05, 0.1) is 7.11 Å². The lowest BCUT2D eigenvalue weighted by Gasteiger charge is -1.81. The topological polar surface area (TPSA) is 89.6 Å². The second kappa shape index (κ2) is 7.74. The summed E-state index contributed by atoms with van der Waals surface area (Å²) in [6, 6.07) is 0. The number of methoxy groups -OCH3 is 1. The Hall–Kier alpha value is -1.26. The van der Waals surface area contributed by atoms with Gasteiger partial charge in [-0.15, -0.1) is 0 Å². The fourth-order valence-electron chi connectivity index (χ4n) is 0. The Labute approximate surface area is 58.8 Å². The second-order valence-electron chi connectivity index (χ2n) is 1.27. The molecular formula is C5H11NO4. The van der Waals surface area contributed by atoms with E-state index in [1.165, 1.54) is 7.11 Å². The zero-order valence-electron chi connectivity index (χ0n) is 5.96. The summed E-state index contributed by atoms with van der Waals surface area (Å²) in [4.78, 5) is 18.7. The van der Waals surface area contributed by atoms with Crippen molar-refractivity contribution in [1.82, 2.24) is 0 Å². The van der Waals surface area contributed by atoms with Crippen molar-refractivity contribution in [2.24, 2.45) is 5.73 Å². The van der Waals surface area contributed by atoms with Crippen LogP contribution in [-0.2, 0) is 9.53 Å². The molecule has 0 fully saturated rings. The average molecular weight is 149 g/mol. The van der Waals surface area contributed by atoms with Crippen LogP contribution in [0.3, 0.4) is 0 Å². The maximum absolute atomic E-state index is 9.37. The molecule has 0 aliphatic rings. The van der Waals surface area contributed by atoms with Gasteiger partial charge in [-0.1, -0.05) is 6.92 Å². The predicted molar refractivity (Wildman–Crippen MR) is 34.5 cm³/mol. The van der Waals surface area contributed by atoms with E-state index < -0.39 is 12.1 Å². The number of aliphatic carboxylic acids is 1. The van der Waals surface area contributed by atoms with Crippen LogP contribution in [0, 0.1) is 0 Å². The maximum Gasteiger partial charge on any atom is 0.404 e. The van der Waals surface area contributed by atoms with Crippen LogP contribution in [0.2, 0.25) is 0 Å². The van der Waals surface area contributed by atoms with Crippen LogP contribution in [0.25, 0.3) is 0 Å². The van der Waals surface area contributed by atoms with Crippen LogP contribution in [0.4, 0.5) is 4.79 Å². The van der Waals surface area contributed by atoms with Gasteiger partial charge in [-0.25, -0.2) is 4.79 Å². The first kappa shape index (κ1) is 11.5. The summed E-state index contributed by atoms with van der Waals surface area (Å²) in [5.41, 5.74) is 4.43. The number of amides is 1. The van der Waals surface area contributed by atoms with Crippen molar-refractivity contribution in [1.29, 1.82) is 0 Å². The number of nitrogens with two attached hydrogens (primary N) is 1. The number of carbonyl (C=O) groups is 2. The molecule has 60 valence electrons. The maximum atomic E-state index is 9.37. The number of carboxylic acids is 1. The normalized spacial score (nSPS) is 7.00. The van der Waals surface area contributed by atoms with Crippen molar-refractivity contribution in [3.63, 3.8) is 0 Å². The van der Waals surface area contributed by atoms with E-state index in [-0.39, 0.29) is 6.42 Å². The summed E-state index contributed by atoms with van der Waals surface area (Å²) >= 11 is 0. The fourth-order valence-corrected chi connectivity index (χ4v) is 0. The molecule has 0 saturated carbocycles. The first-order valence-electron chi connectivity index (χ1n) is 2.59. The fraction of sp³-hybridized carbons (Fsp3) is 0.600. The third-order valence-electron chi connectivity index (χ3n) is 0.504. The van der Waals surface area contributed by atoms with Gasteiger partial charge in [-0.3, -0.25) is 4.79 Å². The molecule has 5 heteroatoms. The number of carbonyl (C=O) groups excluding carboxylic acids is 1. The first-order chi connectivity index (χ1) is 4.54. The summed E-state index contributed by atoms with van der Waals surface area (Å²) in [5.74, 6) is -0.745. The van der Waals surface area contributed by atoms with Gasteiger partial charge in [0.1, 0.15) is 0 Å². The number of ether oxygens (including phenoxy) is 1. The van der Waals surface area contributed by atoms with Gasteiger partial charge in [0, 0.05) is 6.42 Å². The van der Waals surface area contributed by atoms with Crippen molar-refractivity contribution in [2.75, 3.05) is 7.11 Å². The van der Waals surface area contributed by atoms with Gasteiger partial charge >= 0.3 is 12.1 Å². The molecule has 1 amide bonds. The minimum Gasteiger partial charge on any atom is -0.481 e. The summed E-state index contributed by atoms with van der Waals surface area (Å²) < 4.78 is 3.89. The van der Waals surface area contributed by atoms with E-state index in [9.17, 15) is 9.59 Å². The van der Waals surface area contributed by atoms with E-state index in [4.69, 9.17) is 5.11 Å². The SMILES string of the molecule is CCC(=O)O.COC(N)=O. The van der Waals surface area contributed by atoms with Crippen molar-refractivity contribution < 1.29 is 19.4 Å². The lowest BCUT2D eigenvalue weighted by molar-refractivity contribution is -0.136. The van der Waals surface area contributed by atoms with Gasteiger partial charge in [-0.2, -0.15) is 0 Å². The highest BCUT2D eigenvalue weighted by molar-refractivity contribution is 5.66.